The molecule has 4 rings (SSSR count). The van der Waals surface area contributed by atoms with Crippen molar-refractivity contribution < 1.29 is 24.4 Å². The topological polar surface area (TPSA) is 122 Å². The first-order chi connectivity index (χ1) is 17.2. The van der Waals surface area contributed by atoms with E-state index in [0.29, 0.717) is 29.9 Å². The third-order valence-electron chi connectivity index (χ3n) is 6.61. The number of hydrogen-bond acceptors (Lipinski definition) is 7. The molecule has 1 fully saturated rings. The molecular formula is C27H30ClN3O6. The number of rotatable bonds is 7. The van der Waals surface area contributed by atoms with Gasteiger partial charge in [0.05, 0.1) is 22.0 Å². The lowest BCUT2D eigenvalue weighted by Gasteiger charge is -2.34. The number of likely N-dealkylation sites (tertiary alicyclic amines) is 1. The number of aliphatic carboxylic acids is 1. The van der Waals surface area contributed by atoms with Gasteiger partial charge in [0, 0.05) is 36.6 Å². The molecule has 2 N–H and O–H groups in total. The Labute approximate surface area is 221 Å². The molecule has 37 heavy (non-hydrogen) atoms. The molecule has 0 aromatic heterocycles. The molecule has 0 saturated carbocycles. The summed E-state index contributed by atoms with van der Waals surface area (Å²) < 4.78 is 5.93. The predicted molar refractivity (Wildman–Crippen MR) is 140 cm³/mol. The number of nitrogens with one attached hydrogen (secondary N) is 1. The van der Waals surface area contributed by atoms with E-state index in [1.165, 1.54) is 23.8 Å². The maximum absolute atomic E-state index is 13.5. The second kappa shape index (κ2) is 12.0. The summed E-state index contributed by atoms with van der Waals surface area (Å²) in [6, 6.07) is 15.8. The Morgan fingerprint density at radius 1 is 1.11 bits per heavy atom. The highest BCUT2D eigenvalue weighted by atomic mass is 35.5. The first-order valence-corrected chi connectivity index (χ1v) is 11.9. The molecule has 196 valence electrons. The van der Waals surface area contributed by atoms with Gasteiger partial charge in [0.2, 0.25) is 0 Å². The number of halogens is 1. The average molecular weight is 528 g/mol. The van der Waals surface area contributed by atoms with Gasteiger partial charge in [-0.1, -0.05) is 42.5 Å². The van der Waals surface area contributed by atoms with E-state index in [2.05, 4.69) is 22.3 Å². The molecule has 2 aromatic carbocycles. The summed E-state index contributed by atoms with van der Waals surface area (Å²) in [5.74, 6) is -2.82. The Balaban J connectivity index is 0.00000380. The van der Waals surface area contributed by atoms with Gasteiger partial charge >= 0.3 is 11.9 Å². The lowest BCUT2D eigenvalue weighted by molar-refractivity contribution is -0.384. The van der Waals surface area contributed by atoms with Crippen LogP contribution in [0.2, 0.25) is 0 Å². The Bertz CT molecular complexity index is 1240. The first-order valence-electron chi connectivity index (χ1n) is 11.9. The quantitative estimate of drug-likeness (QED) is 0.305. The number of ether oxygens (including phenoxy) is 1. The van der Waals surface area contributed by atoms with E-state index in [9.17, 15) is 24.8 Å². The van der Waals surface area contributed by atoms with Gasteiger partial charge in [0.25, 0.3) is 5.69 Å². The Kier molecular flexibility index (Phi) is 9.07. The highest BCUT2D eigenvalue weighted by molar-refractivity contribution is 5.99. The van der Waals surface area contributed by atoms with Gasteiger partial charge in [-0.15, -0.1) is 12.4 Å². The van der Waals surface area contributed by atoms with Crippen molar-refractivity contribution in [3.8, 4) is 0 Å². The number of hydrogen-bond donors (Lipinski definition) is 2. The molecule has 9 nitrogen and oxygen atoms in total. The maximum atomic E-state index is 13.5. The van der Waals surface area contributed by atoms with Crippen molar-refractivity contribution in [1.82, 2.24) is 10.2 Å². The molecule has 2 aliphatic rings. The molecule has 0 spiro atoms. The largest absolute Gasteiger partial charge is 0.478 e. The fourth-order valence-electron chi connectivity index (χ4n) is 5.01. The number of nitro groups is 1. The van der Waals surface area contributed by atoms with Gasteiger partial charge in [0.1, 0.15) is 6.10 Å². The van der Waals surface area contributed by atoms with Crippen molar-refractivity contribution in [3.05, 3.63) is 98.4 Å². The van der Waals surface area contributed by atoms with Gasteiger partial charge in [-0.25, -0.2) is 9.59 Å². The highest BCUT2D eigenvalue weighted by Gasteiger charge is 2.38. The molecule has 2 unspecified atom stereocenters. The van der Waals surface area contributed by atoms with Crippen LogP contribution in [0.1, 0.15) is 43.7 Å². The van der Waals surface area contributed by atoms with Crippen molar-refractivity contribution in [2.75, 3.05) is 13.1 Å². The third kappa shape index (κ3) is 6.36. The number of carboxylic acids is 1. The number of benzene rings is 2. The second-order valence-electron chi connectivity index (χ2n) is 9.18. The Hall–Kier alpha value is -3.69. The number of dihydropyridines is 1. The molecule has 0 aliphatic carbocycles. The molecule has 2 aliphatic heterocycles. The van der Waals surface area contributed by atoms with E-state index in [4.69, 9.17) is 4.74 Å². The molecule has 2 aromatic rings. The van der Waals surface area contributed by atoms with E-state index in [1.807, 2.05) is 18.2 Å². The summed E-state index contributed by atoms with van der Waals surface area (Å²) in [6.45, 7) is 5.52. The van der Waals surface area contributed by atoms with Crippen molar-refractivity contribution in [3.63, 3.8) is 0 Å². The molecule has 1 saturated heterocycles. The standard InChI is InChI=1S/C27H29N3O6.ClH/c1-17-23(26(31)32)25(20-10-6-11-21(14-20)30(34)35)24(18(2)28-17)27(33)36-22-12-7-13-29(16-22)15-19-8-4-3-5-9-19;/h3-6,8-11,14,22,25,28H,7,12-13,15-16H2,1-2H3,(H,31,32);1H. The number of carbonyl (C=O) groups is 2. The van der Waals surface area contributed by atoms with Crippen molar-refractivity contribution in [1.29, 1.82) is 0 Å². The molecule has 10 heteroatoms. The Morgan fingerprint density at radius 2 is 1.81 bits per heavy atom. The summed E-state index contributed by atoms with van der Waals surface area (Å²) in [4.78, 5) is 38.8. The van der Waals surface area contributed by atoms with Crippen LogP contribution in [-0.4, -0.2) is 46.1 Å². The smallest absolute Gasteiger partial charge is 0.337 e. The van der Waals surface area contributed by atoms with Crippen LogP contribution in [0.15, 0.2) is 77.1 Å². The molecule has 0 amide bonds. The van der Waals surface area contributed by atoms with Gasteiger partial charge in [-0.3, -0.25) is 15.0 Å². The van der Waals surface area contributed by atoms with Gasteiger partial charge in [-0.2, -0.15) is 0 Å². The van der Waals surface area contributed by atoms with E-state index >= 15 is 0 Å². The number of non-ortho nitro benzene ring substituents is 1. The zero-order valence-corrected chi connectivity index (χ0v) is 21.5. The SMILES string of the molecule is CC1=C(C(=O)O)C(c2cccc([N+](=O)[O-])c2)C(C(=O)OC2CCCN(Cc3ccccc3)C2)=C(C)N1.Cl. The van der Waals surface area contributed by atoms with Crippen molar-refractivity contribution in [2.24, 2.45) is 0 Å². The molecule has 2 heterocycles. The van der Waals surface area contributed by atoms with Crippen LogP contribution in [0.5, 0.6) is 0 Å². The fraction of sp³-hybridized carbons (Fsp3) is 0.333. The normalized spacial score (nSPS) is 20.1. The van der Waals surface area contributed by atoms with Gasteiger partial charge in [-0.05, 0) is 44.4 Å². The number of piperidine rings is 1. The summed E-state index contributed by atoms with van der Waals surface area (Å²) in [5, 5.41) is 24.4. The van der Waals surface area contributed by atoms with E-state index in [0.717, 1.165) is 19.5 Å². The summed E-state index contributed by atoms with van der Waals surface area (Å²) >= 11 is 0. The minimum atomic E-state index is -1.21. The van der Waals surface area contributed by atoms with Gasteiger partial charge < -0.3 is 15.2 Å². The zero-order chi connectivity index (χ0) is 25.8. The number of nitro benzene ring substituents is 1. The molecular weight excluding hydrogens is 498 g/mol. The van der Waals surface area contributed by atoms with Crippen molar-refractivity contribution >= 4 is 30.0 Å². The fourth-order valence-corrected chi connectivity index (χ4v) is 5.01. The lowest BCUT2D eigenvalue weighted by atomic mass is 9.80. The number of allylic oxidation sites excluding steroid dienone is 2. The highest BCUT2D eigenvalue weighted by Crippen LogP contribution is 2.40. The zero-order valence-electron chi connectivity index (χ0n) is 20.7. The minimum Gasteiger partial charge on any atom is -0.478 e. The van der Waals surface area contributed by atoms with Crippen LogP contribution in [0, 0.1) is 10.1 Å². The summed E-state index contributed by atoms with van der Waals surface area (Å²) in [6.07, 6.45) is 1.23. The summed E-state index contributed by atoms with van der Waals surface area (Å²) in [7, 11) is 0. The maximum Gasteiger partial charge on any atom is 0.337 e. The molecule has 0 radical (unpaired) electrons. The summed E-state index contributed by atoms with van der Waals surface area (Å²) in [5.41, 5.74) is 2.31. The number of carboxylic acid groups (broad SMARTS) is 1. The minimum absolute atomic E-state index is 0. The third-order valence-corrected chi connectivity index (χ3v) is 6.61. The van der Waals surface area contributed by atoms with Crippen LogP contribution in [0.25, 0.3) is 0 Å². The molecule has 0 bridgehead atoms. The van der Waals surface area contributed by atoms with E-state index in [1.54, 1.807) is 19.9 Å². The van der Waals surface area contributed by atoms with Gasteiger partial charge in [0.15, 0.2) is 0 Å². The van der Waals surface area contributed by atoms with Crippen LogP contribution in [0.3, 0.4) is 0 Å². The van der Waals surface area contributed by atoms with Crippen LogP contribution in [0.4, 0.5) is 5.69 Å². The van der Waals surface area contributed by atoms with Crippen LogP contribution in [-0.2, 0) is 20.9 Å². The number of carbonyl (C=O) groups excluding carboxylic acids is 1. The van der Waals surface area contributed by atoms with Crippen LogP contribution >= 0.6 is 12.4 Å². The van der Waals surface area contributed by atoms with Crippen LogP contribution < -0.4 is 5.32 Å². The lowest BCUT2D eigenvalue weighted by Crippen LogP contribution is -2.41. The Morgan fingerprint density at radius 3 is 2.49 bits per heavy atom. The second-order valence-corrected chi connectivity index (χ2v) is 9.18. The van der Waals surface area contributed by atoms with E-state index in [-0.39, 0.29) is 35.3 Å². The predicted octanol–water partition coefficient (Wildman–Crippen LogP) is 4.54. The number of esters is 1. The van der Waals surface area contributed by atoms with Crippen molar-refractivity contribution in [2.45, 2.75) is 45.3 Å². The van der Waals surface area contributed by atoms with E-state index < -0.39 is 22.8 Å². The number of nitrogens with zero attached hydrogens (tertiary/aromatic N) is 2. The monoisotopic (exact) mass is 527 g/mol. The first kappa shape index (κ1) is 27.9. The molecule has 2 atom stereocenters. The average Bonchev–Trinajstić information content (AvgIpc) is 2.84.